The Morgan fingerprint density at radius 3 is 2.77 bits per heavy atom. The standard InChI is InChI=1S/C24H26N6O4S/c1-12(2)25-22(33)27-23-26-18-10-17(11-31)30(13(3)20(18)35-23)24-29-28-21(34-24)16-6-4-5-15(9-16)19(32)14-7-8-14/h4-6,9,11-14,17H,7-8,10H2,1-3H3,(H2,25,26,27,33)/t13-,17-/m0/s1. The zero-order chi connectivity index (χ0) is 24.7. The molecule has 1 aliphatic heterocycles. The summed E-state index contributed by atoms with van der Waals surface area (Å²) < 4.78 is 5.99. The van der Waals surface area contributed by atoms with Crippen molar-refractivity contribution in [1.82, 2.24) is 20.5 Å². The minimum Gasteiger partial charge on any atom is -0.403 e. The van der Waals surface area contributed by atoms with Crippen molar-refractivity contribution in [3.05, 3.63) is 40.4 Å². The van der Waals surface area contributed by atoms with Gasteiger partial charge >= 0.3 is 12.0 Å². The van der Waals surface area contributed by atoms with E-state index in [1.165, 1.54) is 11.3 Å². The molecule has 2 atom stereocenters. The van der Waals surface area contributed by atoms with Crippen molar-refractivity contribution in [2.75, 3.05) is 10.2 Å². The van der Waals surface area contributed by atoms with Crippen molar-refractivity contribution >= 4 is 40.6 Å². The maximum absolute atomic E-state index is 12.5. The first-order chi connectivity index (χ1) is 16.8. The topological polar surface area (TPSA) is 130 Å². The van der Waals surface area contributed by atoms with Gasteiger partial charge in [-0.15, -0.1) is 5.10 Å². The van der Waals surface area contributed by atoms with Gasteiger partial charge in [-0.05, 0) is 45.7 Å². The van der Waals surface area contributed by atoms with E-state index >= 15 is 0 Å². The number of carbonyl (C=O) groups excluding carboxylic acids is 3. The summed E-state index contributed by atoms with van der Waals surface area (Å²) in [6, 6.07) is 6.27. The normalized spacial score (nSPS) is 19.4. The molecule has 10 nitrogen and oxygen atoms in total. The number of thiazole rings is 1. The molecule has 2 N–H and O–H groups in total. The van der Waals surface area contributed by atoms with Crippen molar-refractivity contribution < 1.29 is 18.8 Å². The summed E-state index contributed by atoms with van der Waals surface area (Å²) in [5.74, 6) is 0.544. The molecule has 1 saturated carbocycles. The largest absolute Gasteiger partial charge is 0.403 e. The fourth-order valence-corrected chi connectivity index (χ4v) is 5.28. The van der Waals surface area contributed by atoms with Gasteiger partial charge in [0.15, 0.2) is 10.9 Å². The molecule has 0 spiro atoms. The lowest BCUT2D eigenvalue weighted by Gasteiger charge is -2.35. The second-order valence-corrected chi connectivity index (χ2v) is 10.2. The Morgan fingerprint density at radius 2 is 2.06 bits per heavy atom. The van der Waals surface area contributed by atoms with Crippen molar-refractivity contribution in [1.29, 1.82) is 0 Å². The molecule has 2 aromatic heterocycles. The fraction of sp³-hybridized carbons (Fsp3) is 0.417. The molecule has 5 rings (SSSR count). The van der Waals surface area contributed by atoms with Crippen molar-refractivity contribution in [3.63, 3.8) is 0 Å². The Morgan fingerprint density at radius 1 is 1.26 bits per heavy atom. The van der Waals surface area contributed by atoms with Crippen LogP contribution in [-0.2, 0) is 11.2 Å². The van der Waals surface area contributed by atoms with E-state index in [0.717, 1.165) is 29.7 Å². The van der Waals surface area contributed by atoms with E-state index in [1.54, 1.807) is 23.1 Å². The quantitative estimate of drug-likeness (QED) is 0.372. The van der Waals surface area contributed by atoms with Crippen LogP contribution < -0.4 is 15.5 Å². The molecule has 1 aliphatic carbocycles. The number of nitrogens with zero attached hydrogens (tertiary/aromatic N) is 4. The van der Waals surface area contributed by atoms with Crippen molar-refractivity contribution in [2.24, 2.45) is 5.92 Å². The van der Waals surface area contributed by atoms with E-state index in [4.69, 9.17) is 4.42 Å². The molecule has 3 aromatic rings. The maximum Gasteiger partial charge on any atom is 0.321 e. The summed E-state index contributed by atoms with van der Waals surface area (Å²) in [6.45, 7) is 5.69. The van der Waals surface area contributed by atoms with Crippen LogP contribution in [0.25, 0.3) is 11.5 Å². The number of anilines is 2. The monoisotopic (exact) mass is 494 g/mol. The van der Waals surface area contributed by atoms with E-state index in [9.17, 15) is 14.4 Å². The van der Waals surface area contributed by atoms with Crippen LogP contribution in [0.1, 0.15) is 60.6 Å². The summed E-state index contributed by atoms with van der Waals surface area (Å²) in [6.07, 6.45) is 3.08. The molecule has 1 aromatic carbocycles. The van der Waals surface area contributed by atoms with Gasteiger partial charge in [0.25, 0.3) is 0 Å². The van der Waals surface area contributed by atoms with Gasteiger partial charge in [0, 0.05) is 29.5 Å². The third-order valence-electron chi connectivity index (χ3n) is 6.06. The Hall–Kier alpha value is -3.60. The summed E-state index contributed by atoms with van der Waals surface area (Å²) in [4.78, 5) is 43.8. The number of rotatable bonds is 7. The number of Topliss-reactive ketones (excluding diaryl/α,β-unsaturated/α-hetero) is 1. The summed E-state index contributed by atoms with van der Waals surface area (Å²) in [5, 5.41) is 14.4. The number of urea groups is 1. The highest BCUT2D eigenvalue weighted by Crippen LogP contribution is 2.41. The van der Waals surface area contributed by atoms with Crippen LogP contribution in [0.15, 0.2) is 28.7 Å². The lowest BCUT2D eigenvalue weighted by Crippen LogP contribution is -2.43. The summed E-state index contributed by atoms with van der Waals surface area (Å²) in [5.41, 5.74) is 2.06. The van der Waals surface area contributed by atoms with Crippen molar-refractivity contribution in [3.8, 4) is 11.5 Å². The van der Waals surface area contributed by atoms with E-state index in [2.05, 4.69) is 25.8 Å². The third kappa shape index (κ3) is 4.68. The van der Waals surface area contributed by atoms with Crippen LogP contribution in [0.3, 0.4) is 0 Å². The third-order valence-corrected chi connectivity index (χ3v) is 7.24. The second-order valence-electron chi connectivity index (χ2n) is 9.18. The van der Waals surface area contributed by atoms with Crippen LogP contribution in [0.4, 0.5) is 15.9 Å². The molecule has 182 valence electrons. The number of amides is 2. The number of aldehydes is 1. The van der Waals surface area contributed by atoms with Gasteiger partial charge in [0.2, 0.25) is 5.89 Å². The van der Waals surface area contributed by atoms with Gasteiger partial charge in [-0.3, -0.25) is 10.1 Å². The number of nitrogens with one attached hydrogen (secondary N) is 2. The van der Waals surface area contributed by atoms with Gasteiger partial charge in [-0.1, -0.05) is 28.6 Å². The zero-order valence-electron chi connectivity index (χ0n) is 19.6. The Bertz CT molecular complexity index is 1280. The van der Waals surface area contributed by atoms with Crippen LogP contribution in [-0.4, -0.2) is 45.4 Å². The first kappa shape index (κ1) is 23.2. The number of aromatic nitrogens is 3. The van der Waals surface area contributed by atoms with Crippen LogP contribution in [0, 0.1) is 5.92 Å². The van der Waals surface area contributed by atoms with Gasteiger partial charge in [0.05, 0.1) is 22.7 Å². The van der Waals surface area contributed by atoms with Crippen LogP contribution in [0.5, 0.6) is 0 Å². The van der Waals surface area contributed by atoms with Gasteiger partial charge in [0.1, 0.15) is 6.29 Å². The average molecular weight is 495 g/mol. The highest BCUT2D eigenvalue weighted by molar-refractivity contribution is 7.16. The number of carbonyl (C=O) groups is 3. The first-order valence-corrected chi connectivity index (χ1v) is 12.4. The fourth-order valence-electron chi connectivity index (χ4n) is 4.24. The molecule has 2 aliphatic rings. The zero-order valence-corrected chi connectivity index (χ0v) is 20.5. The second kappa shape index (κ2) is 9.21. The average Bonchev–Trinajstić information content (AvgIpc) is 3.42. The lowest BCUT2D eigenvalue weighted by molar-refractivity contribution is -0.109. The Labute approximate surface area is 206 Å². The Kier molecular flexibility index (Phi) is 6.10. The number of benzene rings is 1. The molecule has 0 unspecified atom stereocenters. The van der Waals surface area contributed by atoms with E-state index in [0.29, 0.717) is 22.7 Å². The molecule has 0 saturated heterocycles. The smallest absolute Gasteiger partial charge is 0.321 e. The molecular weight excluding hydrogens is 468 g/mol. The van der Waals surface area contributed by atoms with Crippen LogP contribution in [0.2, 0.25) is 0 Å². The molecular formula is C24H26N6O4S. The highest BCUT2D eigenvalue weighted by Gasteiger charge is 2.38. The number of fused-ring (bicyclic) bond motifs is 1. The number of hydrogen-bond donors (Lipinski definition) is 2. The molecule has 0 radical (unpaired) electrons. The van der Waals surface area contributed by atoms with Gasteiger partial charge in [-0.25, -0.2) is 9.78 Å². The molecule has 35 heavy (non-hydrogen) atoms. The highest BCUT2D eigenvalue weighted by atomic mass is 32.1. The minimum atomic E-state index is -0.548. The predicted molar refractivity (Wildman–Crippen MR) is 131 cm³/mol. The predicted octanol–water partition coefficient (Wildman–Crippen LogP) is 4.01. The van der Waals surface area contributed by atoms with Crippen LogP contribution >= 0.6 is 11.3 Å². The summed E-state index contributed by atoms with van der Waals surface area (Å²) >= 11 is 1.36. The SMILES string of the molecule is CC(C)NC(=O)Nc1nc2c(s1)[C@H](C)N(c1nnc(-c3cccc(C(=O)C4CC4)c3)o1)[C@H](C=O)C2. The van der Waals surface area contributed by atoms with Gasteiger partial charge in [-0.2, -0.15) is 0 Å². The molecule has 0 bridgehead atoms. The lowest BCUT2D eigenvalue weighted by atomic mass is 10.0. The van der Waals surface area contributed by atoms with E-state index in [1.807, 2.05) is 26.8 Å². The molecule has 11 heteroatoms. The van der Waals surface area contributed by atoms with Crippen molar-refractivity contribution in [2.45, 2.75) is 58.2 Å². The van der Waals surface area contributed by atoms with E-state index < -0.39 is 6.04 Å². The molecule has 1 fully saturated rings. The molecule has 2 amide bonds. The number of ketones is 1. The van der Waals surface area contributed by atoms with E-state index in [-0.39, 0.29) is 41.7 Å². The first-order valence-electron chi connectivity index (χ1n) is 11.6. The minimum absolute atomic E-state index is 0.00214. The molecule has 3 heterocycles. The summed E-state index contributed by atoms with van der Waals surface area (Å²) in [7, 11) is 0. The number of hydrogen-bond acceptors (Lipinski definition) is 9. The Balaban J connectivity index is 1.39. The van der Waals surface area contributed by atoms with Gasteiger partial charge < -0.3 is 19.4 Å². The maximum atomic E-state index is 12.5.